The fraction of sp³-hybridized carbons (Fsp3) is 0.609. The summed E-state index contributed by atoms with van der Waals surface area (Å²) >= 11 is 0. The van der Waals surface area contributed by atoms with Crippen molar-refractivity contribution in [1.82, 2.24) is 25.3 Å². The lowest BCUT2D eigenvalue weighted by Gasteiger charge is -2.40. The van der Waals surface area contributed by atoms with Gasteiger partial charge in [0.2, 0.25) is 5.89 Å². The van der Waals surface area contributed by atoms with Crippen LogP contribution in [0.4, 0.5) is 0 Å². The monoisotopic (exact) mass is 412 g/mol. The van der Waals surface area contributed by atoms with Crippen molar-refractivity contribution in [3.8, 4) is 0 Å². The summed E-state index contributed by atoms with van der Waals surface area (Å²) in [6.45, 7) is 11.3. The Labute approximate surface area is 180 Å². The van der Waals surface area contributed by atoms with E-state index in [-0.39, 0.29) is 0 Å². The van der Waals surface area contributed by atoms with E-state index in [1.54, 1.807) is 0 Å². The molecule has 0 amide bonds. The van der Waals surface area contributed by atoms with E-state index in [2.05, 4.69) is 81.4 Å². The predicted octanol–water partition coefficient (Wildman–Crippen LogP) is 3.47. The zero-order valence-electron chi connectivity index (χ0n) is 18.8. The molecule has 1 fully saturated rings. The van der Waals surface area contributed by atoms with Crippen LogP contribution in [0.2, 0.25) is 0 Å². The van der Waals surface area contributed by atoms with Gasteiger partial charge in [0.25, 0.3) is 0 Å². The van der Waals surface area contributed by atoms with Gasteiger partial charge in [-0.2, -0.15) is 4.98 Å². The first-order valence-corrected chi connectivity index (χ1v) is 11.2. The molecule has 2 aromatic rings. The molecule has 1 saturated heterocycles. The molecule has 30 heavy (non-hydrogen) atoms. The smallest absolute Gasteiger partial charge is 0.226 e. The lowest BCUT2D eigenvalue weighted by Crippen LogP contribution is -2.53. The highest BCUT2D eigenvalue weighted by atomic mass is 16.5. The Hall–Kier alpha value is -2.41. The molecule has 0 saturated carbocycles. The van der Waals surface area contributed by atoms with Gasteiger partial charge in [-0.15, -0.1) is 0 Å². The van der Waals surface area contributed by atoms with Crippen LogP contribution in [-0.2, 0) is 6.42 Å². The second-order valence-electron chi connectivity index (χ2n) is 8.14. The van der Waals surface area contributed by atoms with Gasteiger partial charge in [-0.25, -0.2) is 0 Å². The predicted molar refractivity (Wildman–Crippen MR) is 121 cm³/mol. The van der Waals surface area contributed by atoms with Crippen LogP contribution in [-0.4, -0.2) is 65.7 Å². The van der Waals surface area contributed by atoms with Crippen molar-refractivity contribution in [1.29, 1.82) is 0 Å². The van der Waals surface area contributed by atoms with E-state index in [0.29, 0.717) is 12.0 Å². The second kappa shape index (κ2) is 11.1. The Balaban J connectivity index is 1.43. The first kappa shape index (κ1) is 22.3. The number of aliphatic imine (C=N–C) groups is 1. The minimum atomic E-state index is 0.298. The molecule has 1 aliphatic heterocycles. The summed E-state index contributed by atoms with van der Waals surface area (Å²) in [4.78, 5) is 13.9. The highest BCUT2D eigenvalue weighted by Gasteiger charge is 2.25. The molecule has 1 aromatic heterocycles. The van der Waals surface area contributed by atoms with Crippen molar-refractivity contribution in [2.24, 2.45) is 4.99 Å². The summed E-state index contributed by atoms with van der Waals surface area (Å²) in [7, 11) is 1.86. The molecule has 1 N–H and O–H groups in total. The summed E-state index contributed by atoms with van der Waals surface area (Å²) in [6, 6.07) is 11.3. The average molecular weight is 413 g/mol. The fourth-order valence-corrected chi connectivity index (χ4v) is 4.00. The molecule has 3 rings (SSSR count). The lowest BCUT2D eigenvalue weighted by atomic mass is 10.0. The molecular formula is C23H36N6O. The highest BCUT2D eigenvalue weighted by Crippen LogP contribution is 2.25. The number of rotatable bonds is 8. The van der Waals surface area contributed by atoms with E-state index >= 15 is 0 Å². The molecule has 1 aromatic carbocycles. The number of piperazine rings is 1. The quantitative estimate of drug-likeness (QED) is 0.407. The zero-order valence-corrected chi connectivity index (χ0v) is 18.8. The number of hydrogen-bond acceptors (Lipinski definition) is 5. The third-order valence-electron chi connectivity index (χ3n) is 5.69. The Bertz CT molecular complexity index is 780. The van der Waals surface area contributed by atoms with Gasteiger partial charge in [0.1, 0.15) is 0 Å². The molecule has 0 spiro atoms. The van der Waals surface area contributed by atoms with Gasteiger partial charge in [-0.1, -0.05) is 56.3 Å². The number of hydrogen-bond donors (Lipinski definition) is 1. The first-order valence-electron chi connectivity index (χ1n) is 11.2. The van der Waals surface area contributed by atoms with Crippen molar-refractivity contribution in [2.45, 2.75) is 52.0 Å². The molecule has 7 heteroatoms. The lowest BCUT2D eigenvalue weighted by molar-refractivity contribution is 0.127. The Morgan fingerprint density at radius 1 is 1.17 bits per heavy atom. The Kier molecular flexibility index (Phi) is 8.25. The maximum Gasteiger partial charge on any atom is 0.226 e. The van der Waals surface area contributed by atoms with Gasteiger partial charge >= 0.3 is 0 Å². The normalized spacial score (nSPS) is 16.8. The van der Waals surface area contributed by atoms with E-state index < -0.39 is 0 Å². The molecule has 0 radical (unpaired) electrons. The van der Waals surface area contributed by atoms with Gasteiger partial charge in [0.15, 0.2) is 11.8 Å². The summed E-state index contributed by atoms with van der Waals surface area (Å²) in [5.41, 5.74) is 1.41. The third kappa shape index (κ3) is 5.81. The average Bonchev–Trinajstić information content (AvgIpc) is 3.25. The van der Waals surface area contributed by atoms with Gasteiger partial charge in [-0.3, -0.25) is 9.89 Å². The van der Waals surface area contributed by atoms with Gasteiger partial charge < -0.3 is 14.7 Å². The molecule has 1 aliphatic rings. The molecule has 164 valence electrons. The molecule has 7 nitrogen and oxygen atoms in total. The van der Waals surface area contributed by atoms with Crippen LogP contribution >= 0.6 is 0 Å². The number of benzene rings is 1. The van der Waals surface area contributed by atoms with Crippen LogP contribution in [0.1, 0.15) is 62.9 Å². The van der Waals surface area contributed by atoms with Crippen LogP contribution < -0.4 is 5.32 Å². The fourth-order valence-electron chi connectivity index (χ4n) is 4.00. The summed E-state index contributed by atoms with van der Waals surface area (Å²) in [5, 5.41) is 7.52. The van der Waals surface area contributed by atoms with Crippen LogP contribution in [0.15, 0.2) is 39.8 Å². The van der Waals surface area contributed by atoms with Crippen molar-refractivity contribution in [2.75, 3.05) is 39.8 Å². The number of nitrogens with zero attached hydrogens (tertiary/aromatic N) is 5. The van der Waals surface area contributed by atoms with Gasteiger partial charge in [0.05, 0.1) is 0 Å². The summed E-state index contributed by atoms with van der Waals surface area (Å²) in [6.07, 6.45) is 2.85. The van der Waals surface area contributed by atoms with E-state index in [0.717, 1.165) is 69.7 Å². The Morgan fingerprint density at radius 2 is 1.90 bits per heavy atom. The number of aromatic nitrogens is 2. The number of nitrogens with one attached hydrogen (secondary N) is 1. The van der Waals surface area contributed by atoms with Crippen molar-refractivity contribution < 1.29 is 4.52 Å². The van der Waals surface area contributed by atoms with Crippen LogP contribution in [0, 0.1) is 0 Å². The minimum absolute atomic E-state index is 0.298. The zero-order chi connectivity index (χ0) is 21.3. The van der Waals surface area contributed by atoms with Crippen LogP contribution in [0.3, 0.4) is 0 Å². The van der Waals surface area contributed by atoms with Gasteiger partial charge in [-0.05, 0) is 18.4 Å². The maximum atomic E-state index is 5.32. The van der Waals surface area contributed by atoms with E-state index in [1.165, 1.54) is 5.56 Å². The largest absolute Gasteiger partial charge is 0.356 e. The van der Waals surface area contributed by atoms with Crippen molar-refractivity contribution in [3.63, 3.8) is 0 Å². The minimum Gasteiger partial charge on any atom is -0.356 e. The van der Waals surface area contributed by atoms with Crippen molar-refractivity contribution >= 4 is 5.96 Å². The standard InChI is InChI=1S/C23H36N6O/c1-5-20(19-10-7-6-8-11-19)28-14-16-29(17-15-28)23(24-4)25-13-9-12-21-26-22(18(2)3)27-30-21/h6-8,10-11,18,20H,5,9,12-17H2,1-4H3,(H,24,25). The van der Waals surface area contributed by atoms with Gasteiger partial charge in [0, 0.05) is 58.2 Å². The maximum absolute atomic E-state index is 5.32. The van der Waals surface area contributed by atoms with Crippen LogP contribution in [0.25, 0.3) is 0 Å². The van der Waals surface area contributed by atoms with E-state index in [1.807, 2.05) is 7.05 Å². The molecular weight excluding hydrogens is 376 g/mol. The van der Waals surface area contributed by atoms with E-state index in [4.69, 9.17) is 4.52 Å². The summed E-state index contributed by atoms with van der Waals surface area (Å²) < 4.78 is 5.32. The third-order valence-corrected chi connectivity index (χ3v) is 5.69. The van der Waals surface area contributed by atoms with Crippen LogP contribution in [0.5, 0.6) is 0 Å². The summed E-state index contributed by atoms with van der Waals surface area (Å²) in [5.74, 6) is 2.78. The molecule has 2 heterocycles. The topological polar surface area (TPSA) is 69.8 Å². The first-order chi connectivity index (χ1) is 14.6. The molecule has 1 atom stereocenters. The molecule has 0 bridgehead atoms. The SMILES string of the molecule is CCC(c1ccccc1)N1CCN(C(=NC)NCCCc2nc(C(C)C)no2)CC1. The molecule has 1 unspecified atom stereocenters. The van der Waals surface area contributed by atoms with Crippen molar-refractivity contribution in [3.05, 3.63) is 47.6 Å². The highest BCUT2D eigenvalue weighted by molar-refractivity contribution is 5.79. The second-order valence-corrected chi connectivity index (χ2v) is 8.14. The molecule has 0 aliphatic carbocycles. The number of guanidine groups is 1. The van der Waals surface area contributed by atoms with E-state index in [9.17, 15) is 0 Å². The number of aryl methyl sites for hydroxylation is 1. The Morgan fingerprint density at radius 3 is 2.50 bits per heavy atom.